The van der Waals surface area contributed by atoms with Crippen LogP contribution in [-0.4, -0.2) is 17.6 Å². The number of nitrogens with one attached hydrogen (secondary N) is 1. The van der Waals surface area contributed by atoms with Gasteiger partial charge in [0.15, 0.2) is 5.57 Å². The number of benzene rings is 3. The van der Waals surface area contributed by atoms with Crippen molar-refractivity contribution in [3.63, 3.8) is 0 Å². The number of rotatable bonds is 6. The number of carbonyl (C=O) groups excluding carboxylic acids is 1. The highest BCUT2D eigenvalue weighted by Crippen LogP contribution is 2.31. The van der Waals surface area contributed by atoms with E-state index in [-0.39, 0.29) is 14.8 Å². The van der Waals surface area contributed by atoms with E-state index < -0.39 is 11.5 Å². The van der Waals surface area contributed by atoms with E-state index in [1.165, 1.54) is 11.7 Å². The van der Waals surface area contributed by atoms with Crippen LogP contribution >= 0.6 is 34.5 Å². The molecule has 0 bridgehead atoms. The fraction of sp³-hybridized carbons (Fsp3) is 0.0333. The lowest BCUT2D eigenvalue weighted by Crippen LogP contribution is -2.32. The molecule has 0 unspecified atom stereocenters. The minimum atomic E-state index is -0.661. The number of anilines is 1. The normalized spacial score (nSPS) is 12.1. The van der Waals surface area contributed by atoms with Crippen molar-refractivity contribution in [3.05, 3.63) is 120 Å². The monoisotopic (exact) mass is 587 g/mol. The molecule has 0 radical (unpaired) electrons. The lowest BCUT2D eigenvalue weighted by molar-refractivity contribution is -0.111. The third-order valence-corrected chi connectivity index (χ3v) is 7.46. The second-order valence-corrected chi connectivity index (χ2v) is 10.3. The molecule has 0 spiro atoms. The summed E-state index contributed by atoms with van der Waals surface area (Å²) in [6, 6.07) is 26.0. The van der Waals surface area contributed by atoms with Crippen LogP contribution in [0.4, 0.5) is 5.69 Å². The molecule has 2 heterocycles. The Morgan fingerprint density at radius 1 is 1.05 bits per heavy atom. The number of hydrogen-bond acceptors (Lipinski definition) is 6. The maximum atomic E-state index is 13.6. The van der Waals surface area contributed by atoms with Gasteiger partial charge >= 0.3 is 0 Å². The Labute approximate surface area is 242 Å². The smallest absolute Gasteiger partial charge is 0.273 e. The Morgan fingerprint density at radius 3 is 2.58 bits per heavy atom. The maximum absolute atomic E-state index is 13.6. The molecular weight excluding hydrogens is 569 g/mol. The summed E-state index contributed by atoms with van der Waals surface area (Å²) in [6.07, 6.45) is 1.57. The molecule has 0 fully saturated rings. The molecule has 0 atom stereocenters. The molecule has 0 saturated heterocycles. The summed E-state index contributed by atoms with van der Waals surface area (Å²) in [6.45, 7) is 0. The van der Waals surface area contributed by atoms with Gasteiger partial charge in [0.2, 0.25) is 0 Å². The predicted octanol–water partition coefficient (Wildman–Crippen LogP) is 5.62. The molecule has 10 heteroatoms. The van der Waals surface area contributed by atoms with E-state index in [0.29, 0.717) is 44.3 Å². The topological polar surface area (TPSA) is 97.3 Å². The fourth-order valence-electron chi connectivity index (χ4n) is 3.95. The van der Waals surface area contributed by atoms with E-state index in [0.717, 1.165) is 11.3 Å². The highest BCUT2D eigenvalue weighted by atomic mass is 35.5. The number of aromatic nitrogens is 1. The zero-order chi connectivity index (χ0) is 28.2. The Kier molecular flexibility index (Phi) is 7.89. The van der Waals surface area contributed by atoms with E-state index in [9.17, 15) is 14.9 Å². The van der Waals surface area contributed by atoms with E-state index >= 15 is 0 Å². The zero-order valence-corrected chi connectivity index (χ0v) is 23.2. The van der Waals surface area contributed by atoms with Gasteiger partial charge in [-0.15, -0.1) is 11.3 Å². The molecule has 7 nitrogen and oxygen atoms in total. The molecule has 0 aliphatic heterocycles. The van der Waals surface area contributed by atoms with Gasteiger partial charge in [0.25, 0.3) is 11.5 Å². The first-order chi connectivity index (χ1) is 19.4. The summed E-state index contributed by atoms with van der Waals surface area (Å²) in [5.41, 5.74) is 0.970. The lowest BCUT2D eigenvalue weighted by atomic mass is 10.2. The molecule has 5 aromatic rings. The standard InChI is InChI=1S/C30H19Cl2N3O4S/c1-38-21-9-5-6-19(15-21)34-28(36)24(17-33)30-35(20-7-3-2-4-8-20)29(37)27(40-30)16-22-11-13-26(39-22)23-12-10-18(31)14-25(23)32/h2-16H,1H3,(H,34,36)/b27-16+,30-24-. The van der Waals surface area contributed by atoms with Gasteiger partial charge in [0.1, 0.15) is 28.0 Å². The largest absolute Gasteiger partial charge is 0.497 e. The summed E-state index contributed by atoms with van der Waals surface area (Å²) in [4.78, 5) is 26.9. The van der Waals surface area contributed by atoms with Crippen LogP contribution in [0.25, 0.3) is 28.7 Å². The number of para-hydroxylation sites is 1. The lowest BCUT2D eigenvalue weighted by Gasteiger charge is -2.07. The molecular formula is C30H19Cl2N3O4S. The van der Waals surface area contributed by atoms with Crippen LogP contribution in [0.3, 0.4) is 0 Å². The van der Waals surface area contributed by atoms with E-state index in [4.69, 9.17) is 32.4 Å². The van der Waals surface area contributed by atoms with Gasteiger partial charge in [-0.2, -0.15) is 5.26 Å². The van der Waals surface area contributed by atoms with Crippen molar-refractivity contribution >= 4 is 57.8 Å². The number of thiazole rings is 1. The molecule has 0 saturated carbocycles. The Morgan fingerprint density at radius 2 is 1.85 bits per heavy atom. The summed E-state index contributed by atoms with van der Waals surface area (Å²) < 4.78 is 13.0. The number of hydrogen-bond donors (Lipinski definition) is 1. The molecule has 5 rings (SSSR count). The molecule has 3 aromatic carbocycles. The minimum Gasteiger partial charge on any atom is -0.497 e. The summed E-state index contributed by atoms with van der Waals surface area (Å²) in [7, 11) is 1.52. The van der Waals surface area contributed by atoms with Gasteiger partial charge in [-0.25, -0.2) is 0 Å². The van der Waals surface area contributed by atoms with Gasteiger partial charge in [-0.3, -0.25) is 14.2 Å². The Balaban J connectivity index is 1.64. The van der Waals surface area contributed by atoms with Gasteiger partial charge < -0.3 is 14.5 Å². The van der Waals surface area contributed by atoms with Crippen LogP contribution in [0.15, 0.2) is 94.1 Å². The summed E-state index contributed by atoms with van der Waals surface area (Å²) in [5.74, 6) is 0.773. The van der Waals surface area contributed by atoms with Crippen molar-refractivity contribution in [2.45, 2.75) is 0 Å². The SMILES string of the molecule is COc1cccc(NC(=O)/C(C#N)=c2\s/c(=C/c3ccc(-c4ccc(Cl)cc4Cl)o3)c(=O)n2-c2ccccc2)c1. The number of nitriles is 1. The molecule has 0 aliphatic rings. The second kappa shape index (κ2) is 11.7. The van der Waals surface area contributed by atoms with Gasteiger partial charge in [-0.1, -0.05) is 47.5 Å². The minimum absolute atomic E-state index is 0.179. The van der Waals surface area contributed by atoms with Crippen LogP contribution in [0.1, 0.15) is 5.76 Å². The van der Waals surface area contributed by atoms with Crippen LogP contribution in [0.5, 0.6) is 5.75 Å². The van der Waals surface area contributed by atoms with Crippen molar-refractivity contribution in [1.29, 1.82) is 5.26 Å². The average molecular weight is 588 g/mol. The van der Waals surface area contributed by atoms with Crippen molar-refractivity contribution in [2.75, 3.05) is 12.4 Å². The highest BCUT2D eigenvalue weighted by molar-refractivity contribution is 7.07. The molecule has 1 amide bonds. The van der Waals surface area contributed by atoms with E-state index in [2.05, 4.69) is 5.32 Å². The van der Waals surface area contributed by atoms with E-state index in [1.54, 1.807) is 84.9 Å². The number of halogens is 2. The van der Waals surface area contributed by atoms with Crippen LogP contribution in [-0.2, 0) is 4.79 Å². The number of nitrogens with zero attached hydrogens (tertiary/aromatic N) is 2. The third-order valence-electron chi connectivity index (χ3n) is 5.82. The summed E-state index contributed by atoms with van der Waals surface area (Å²) >= 11 is 13.3. The van der Waals surface area contributed by atoms with E-state index in [1.807, 2.05) is 12.1 Å². The average Bonchev–Trinajstić information content (AvgIpc) is 3.54. The number of methoxy groups -OCH3 is 1. The first-order valence-electron chi connectivity index (χ1n) is 11.8. The van der Waals surface area contributed by atoms with Crippen molar-refractivity contribution in [1.82, 2.24) is 4.57 Å². The van der Waals surface area contributed by atoms with Crippen molar-refractivity contribution in [3.8, 4) is 28.8 Å². The van der Waals surface area contributed by atoms with Crippen LogP contribution < -0.4 is 24.8 Å². The summed E-state index contributed by atoms with van der Waals surface area (Å²) in [5, 5.41) is 13.7. The number of furan rings is 1. The predicted molar refractivity (Wildman–Crippen MR) is 158 cm³/mol. The molecule has 0 aliphatic carbocycles. The Hall–Kier alpha value is -4.55. The quantitative estimate of drug-likeness (QED) is 0.278. The van der Waals surface area contributed by atoms with Crippen LogP contribution in [0.2, 0.25) is 10.0 Å². The number of carbonyl (C=O) groups is 1. The Bertz CT molecular complexity index is 1950. The number of amides is 1. The van der Waals surface area contributed by atoms with Crippen molar-refractivity contribution in [2.24, 2.45) is 0 Å². The highest BCUT2D eigenvalue weighted by Gasteiger charge is 2.18. The maximum Gasteiger partial charge on any atom is 0.273 e. The zero-order valence-electron chi connectivity index (χ0n) is 20.9. The van der Waals surface area contributed by atoms with Crippen molar-refractivity contribution < 1.29 is 13.9 Å². The second-order valence-electron chi connectivity index (χ2n) is 8.39. The first kappa shape index (κ1) is 27.0. The fourth-order valence-corrected chi connectivity index (χ4v) is 5.53. The molecule has 40 heavy (non-hydrogen) atoms. The number of ether oxygens (including phenoxy) is 1. The van der Waals surface area contributed by atoms with Gasteiger partial charge in [0.05, 0.1) is 22.4 Å². The molecule has 2 aromatic heterocycles. The van der Waals surface area contributed by atoms with Gasteiger partial charge in [0, 0.05) is 28.4 Å². The van der Waals surface area contributed by atoms with Gasteiger partial charge in [-0.05, 0) is 54.6 Å². The van der Waals surface area contributed by atoms with Crippen LogP contribution in [0, 0.1) is 11.3 Å². The third kappa shape index (κ3) is 5.58. The molecule has 198 valence electrons. The molecule has 1 N–H and O–H groups in total. The first-order valence-corrected chi connectivity index (χ1v) is 13.4.